The standard InChI is InChI=1S/C19H19FN2O4S/c1-12-9-14(4-5-16(12)20)27(24,25)22-8-7-19(11-22)15-10-13(26-2)3-6-17(15)21-18(19)23/h3-6,9-10H,7-8,11H2,1-2H3,(H,21,23). The molecule has 2 aliphatic heterocycles. The Bertz CT molecular complexity index is 1050. The summed E-state index contributed by atoms with van der Waals surface area (Å²) in [6.45, 7) is 1.77. The Hall–Kier alpha value is -2.45. The average molecular weight is 390 g/mol. The van der Waals surface area contributed by atoms with E-state index in [1.807, 2.05) is 0 Å². The van der Waals surface area contributed by atoms with E-state index in [1.165, 1.54) is 23.4 Å². The number of hydrogen-bond donors (Lipinski definition) is 1. The lowest BCUT2D eigenvalue weighted by Crippen LogP contribution is -2.39. The number of halogens is 1. The van der Waals surface area contributed by atoms with E-state index in [4.69, 9.17) is 4.74 Å². The minimum absolute atomic E-state index is 0.0303. The zero-order valence-electron chi connectivity index (χ0n) is 15.0. The monoisotopic (exact) mass is 390 g/mol. The normalized spacial score (nSPS) is 22.1. The molecule has 1 fully saturated rings. The molecule has 2 aliphatic rings. The molecule has 1 amide bonds. The van der Waals surface area contributed by atoms with Gasteiger partial charge in [-0.1, -0.05) is 0 Å². The summed E-state index contributed by atoms with van der Waals surface area (Å²) in [5.41, 5.74) is 0.752. The number of anilines is 1. The third-order valence-corrected chi connectivity index (χ3v) is 7.27. The maximum absolute atomic E-state index is 13.5. The number of sulfonamides is 1. The van der Waals surface area contributed by atoms with Crippen molar-refractivity contribution in [3.8, 4) is 5.75 Å². The van der Waals surface area contributed by atoms with Crippen molar-refractivity contribution < 1.29 is 22.3 Å². The van der Waals surface area contributed by atoms with Gasteiger partial charge in [-0.3, -0.25) is 4.79 Å². The van der Waals surface area contributed by atoms with Gasteiger partial charge in [-0.15, -0.1) is 0 Å². The highest BCUT2D eigenvalue weighted by Crippen LogP contribution is 2.46. The molecule has 142 valence electrons. The summed E-state index contributed by atoms with van der Waals surface area (Å²) >= 11 is 0. The highest BCUT2D eigenvalue weighted by Gasteiger charge is 2.53. The molecule has 1 unspecified atom stereocenters. The molecule has 1 spiro atoms. The first-order chi connectivity index (χ1) is 12.8. The van der Waals surface area contributed by atoms with Crippen molar-refractivity contribution in [3.63, 3.8) is 0 Å². The lowest BCUT2D eigenvalue weighted by atomic mass is 9.81. The average Bonchev–Trinajstić information content (AvgIpc) is 3.21. The van der Waals surface area contributed by atoms with Gasteiger partial charge in [0, 0.05) is 18.8 Å². The predicted molar refractivity (Wildman–Crippen MR) is 97.8 cm³/mol. The molecule has 2 heterocycles. The van der Waals surface area contributed by atoms with Crippen LogP contribution in [-0.2, 0) is 20.2 Å². The smallest absolute Gasteiger partial charge is 0.243 e. The molecule has 2 aromatic carbocycles. The molecule has 0 aliphatic carbocycles. The van der Waals surface area contributed by atoms with E-state index < -0.39 is 21.3 Å². The summed E-state index contributed by atoms with van der Waals surface area (Å²) < 4.78 is 46.1. The second-order valence-corrected chi connectivity index (χ2v) is 8.89. The SMILES string of the molecule is COc1ccc2c(c1)C1(CCN(S(=O)(=O)c3ccc(F)c(C)c3)C1)C(=O)N2. The number of benzene rings is 2. The van der Waals surface area contributed by atoms with Crippen LogP contribution in [0.5, 0.6) is 5.75 Å². The molecule has 2 aromatic rings. The number of aryl methyl sites for hydroxylation is 1. The van der Waals surface area contributed by atoms with E-state index in [0.29, 0.717) is 17.9 Å². The molecule has 0 aromatic heterocycles. The van der Waals surface area contributed by atoms with Crippen molar-refractivity contribution in [1.29, 1.82) is 0 Å². The summed E-state index contributed by atoms with van der Waals surface area (Å²) in [4.78, 5) is 12.8. The molecule has 27 heavy (non-hydrogen) atoms. The fraction of sp³-hybridized carbons (Fsp3) is 0.316. The lowest BCUT2D eigenvalue weighted by Gasteiger charge is -2.23. The van der Waals surface area contributed by atoms with Crippen LogP contribution in [0.2, 0.25) is 0 Å². The van der Waals surface area contributed by atoms with Gasteiger partial charge in [-0.2, -0.15) is 4.31 Å². The number of amides is 1. The van der Waals surface area contributed by atoms with Gasteiger partial charge in [0.05, 0.1) is 17.4 Å². The molecule has 1 saturated heterocycles. The van der Waals surface area contributed by atoms with Crippen molar-refractivity contribution in [2.45, 2.75) is 23.7 Å². The molecule has 1 N–H and O–H groups in total. The number of ether oxygens (including phenoxy) is 1. The van der Waals surface area contributed by atoms with Crippen LogP contribution in [0.4, 0.5) is 10.1 Å². The summed E-state index contributed by atoms with van der Waals surface area (Å²) in [5.74, 6) is -0.0538. The van der Waals surface area contributed by atoms with Gasteiger partial charge in [0.2, 0.25) is 15.9 Å². The van der Waals surface area contributed by atoms with Gasteiger partial charge in [0.25, 0.3) is 0 Å². The Morgan fingerprint density at radius 3 is 2.70 bits per heavy atom. The van der Waals surface area contributed by atoms with Crippen LogP contribution >= 0.6 is 0 Å². The fourth-order valence-corrected chi connectivity index (χ4v) is 5.42. The van der Waals surface area contributed by atoms with Crippen LogP contribution in [0, 0.1) is 12.7 Å². The van der Waals surface area contributed by atoms with Gasteiger partial charge in [-0.05, 0) is 60.9 Å². The number of rotatable bonds is 3. The maximum Gasteiger partial charge on any atom is 0.243 e. The van der Waals surface area contributed by atoms with E-state index in [1.54, 1.807) is 25.3 Å². The topological polar surface area (TPSA) is 75.7 Å². The third kappa shape index (κ3) is 2.62. The van der Waals surface area contributed by atoms with Crippen molar-refractivity contribution >= 4 is 21.6 Å². The largest absolute Gasteiger partial charge is 0.497 e. The minimum atomic E-state index is -3.83. The number of carbonyl (C=O) groups is 1. The molecule has 0 saturated carbocycles. The van der Waals surface area contributed by atoms with Crippen LogP contribution in [-0.4, -0.2) is 38.8 Å². The molecule has 1 atom stereocenters. The van der Waals surface area contributed by atoms with Crippen LogP contribution in [0.1, 0.15) is 17.5 Å². The molecule has 8 heteroatoms. The van der Waals surface area contributed by atoms with Gasteiger partial charge in [0.15, 0.2) is 0 Å². The highest BCUT2D eigenvalue weighted by atomic mass is 32.2. The maximum atomic E-state index is 13.5. The van der Waals surface area contributed by atoms with E-state index in [2.05, 4.69) is 5.32 Å². The fourth-order valence-electron chi connectivity index (χ4n) is 3.83. The molecular weight excluding hydrogens is 371 g/mol. The Kier molecular flexibility index (Phi) is 4.01. The second-order valence-electron chi connectivity index (χ2n) is 6.95. The van der Waals surface area contributed by atoms with E-state index in [0.717, 1.165) is 11.6 Å². The Morgan fingerprint density at radius 2 is 2.00 bits per heavy atom. The molecule has 4 rings (SSSR count). The number of hydrogen-bond acceptors (Lipinski definition) is 4. The van der Waals surface area contributed by atoms with Crippen molar-refractivity contribution in [1.82, 2.24) is 4.31 Å². The van der Waals surface area contributed by atoms with E-state index >= 15 is 0 Å². The number of carbonyl (C=O) groups excluding carboxylic acids is 1. The Morgan fingerprint density at radius 1 is 1.22 bits per heavy atom. The van der Waals surface area contributed by atoms with Crippen molar-refractivity contribution in [2.75, 3.05) is 25.5 Å². The van der Waals surface area contributed by atoms with Crippen molar-refractivity contribution in [2.24, 2.45) is 0 Å². The highest BCUT2D eigenvalue weighted by molar-refractivity contribution is 7.89. The summed E-state index contributed by atoms with van der Waals surface area (Å²) in [5, 5.41) is 2.84. The summed E-state index contributed by atoms with van der Waals surface area (Å²) in [7, 11) is -2.29. The zero-order chi connectivity index (χ0) is 19.4. The number of nitrogens with one attached hydrogen (secondary N) is 1. The van der Waals surface area contributed by atoms with Crippen LogP contribution in [0.15, 0.2) is 41.3 Å². The Balaban J connectivity index is 1.71. The quantitative estimate of drug-likeness (QED) is 0.873. The second kappa shape index (κ2) is 6.03. The minimum Gasteiger partial charge on any atom is -0.497 e. The summed E-state index contributed by atoms with van der Waals surface area (Å²) in [6, 6.07) is 9.03. The van der Waals surface area contributed by atoms with Gasteiger partial charge >= 0.3 is 0 Å². The van der Waals surface area contributed by atoms with Crippen molar-refractivity contribution in [3.05, 3.63) is 53.3 Å². The number of nitrogens with zero attached hydrogens (tertiary/aromatic N) is 1. The third-order valence-electron chi connectivity index (χ3n) is 5.43. The number of fused-ring (bicyclic) bond motifs is 2. The zero-order valence-corrected chi connectivity index (χ0v) is 15.8. The van der Waals surface area contributed by atoms with E-state index in [-0.39, 0.29) is 29.5 Å². The Labute approximate surface area is 157 Å². The van der Waals surface area contributed by atoms with E-state index in [9.17, 15) is 17.6 Å². The molecule has 6 nitrogen and oxygen atoms in total. The van der Waals surface area contributed by atoms with Crippen LogP contribution < -0.4 is 10.1 Å². The van der Waals surface area contributed by atoms with Gasteiger partial charge in [-0.25, -0.2) is 12.8 Å². The molecule has 0 radical (unpaired) electrons. The lowest BCUT2D eigenvalue weighted by molar-refractivity contribution is -0.120. The molecular formula is C19H19FN2O4S. The first-order valence-corrected chi connectivity index (χ1v) is 9.98. The molecule has 0 bridgehead atoms. The first-order valence-electron chi connectivity index (χ1n) is 8.54. The summed E-state index contributed by atoms with van der Waals surface area (Å²) in [6.07, 6.45) is 0.373. The van der Waals surface area contributed by atoms with Crippen LogP contribution in [0.3, 0.4) is 0 Å². The van der Waals surface area contributed by atoms with Gasteiger partial charge in [0.1, 0.15) is 11.6 Å². The first kappa shape index (κ1) is 17.9. The van der Waals surface area contributed by atoms with Crippen LogP contribution in [0.25, 0.3) is 0 Å². The van der Waals surface area contributed by atoms with Gasteiger partial charge < -0.3 is 10.1 Å². The predicted octanol–water partition coefficient (Wildman–Crippen LogP) is 2.43. The number of methoxy groups -OCH3 is 1.